The summed E-state index contributed by atoms with van der Waals surface area (Å²) in [6.07, 6.45) is 4.68. The number of carbonyl (C=O) groups excluding carboxylic acids is 1. The van der Waals surface area contributed by atoms with Gasteiger partial charge < -0.3 is 15.6 Å². The summed E-state index contributed by atoms with van der Waals surface area (Å²) in [6, 6.07) is 7.97. The zero-order valence-corrected chi connectivity index (χ0v) is 15.3. The molecule has 0 saturated heterocycles. The lowest BCUT2D eigenvalue weighted by molar-refractivity contribution is 0.0978. The number of benzene rings is 1. The van der Waals surface area contributed by atoms with E-state index < -0.39 is 0 Å². The zero-order valence-electron chi connectivity index (χ0n) is 15.3. The minimum atomic E-state index is 0.0870. The zero-order chi connectivity index (χ0) is 18.8. The van der Waals surface area contributed by atoms with Crippen LogP contribution in [0.25, 0.3) is 11.3 Å². The monoisotopic (exact) mass is 362 g/mol. The number of nitrogens with zero attached hydrogens (tertiary/aromatic N) is 4. The molecule has 0 saturated carbocycles. The Morgan fingerprint density at radius 1 is 1.30 bits per heavy atom. The Bertz CT molecular complexity index is 970. The minimum Gasteiger partial charge on any atom is -0.368 e. The van der Waals surface area contributed by atoms with Crippen molar-refractivity contribution in [3.63, 3.8) is 0 Å². The van der Waals surface area contributed by atoms with Crippen LogP contribution in [0.4, 0.5) is 5.95 Å². The van der Waals surface area contributed by atoms with Gasteiger partial charge in [-0.3, -0.25) is 4.79 Å². The second-order valence-electron chi connectivity index (χ2n) is 6.78. The molecule has 7 nitrogen and oxygen atoms in total. The number of aromatic nitrogens is 4. The summed E-state index contributed by atoms with van der Waals surface area (Å²) in [5.74, 6) is 1.29. The number of anilines is 1. The van der Waals surface area contributed by atoms with Crippen LogP contribution in [-0.4, -0.2) is 31.8 Å². The summed E-state index contributed by atoms with van der Waals surface area (Å²) in [4.78, 5) is 25.2. The number of hydrogen-bond acceptors (Lipinski definition) is 6. The summed E-state index contributed by atoms with van der Waals surface area (Å²) in [5, 5.41) is 3.27. The van der Waals surface area contributed by atoms with E-state index in [4.69, 9.17) is 5.73 Å². The number of ketones is 1. The molecule has 0 unspecified atom stereocenters. The molecule has 3 heterocycles. The molecule has 0 spiro atoms. The van der Waals surface area contributed by atoms with Crippen molar-refractivity contribution >= 4 is 11.7 Å². The second-order valence-corrected chi connectivity index (χ2v) is 6.78. The fourth-order valence-electron chi connectivity index (χ4n) is 3.37. The molecule has 3 aromatic rings. The third-order valence-corrected chi connectivity index (χ3v) is 4.89. The van der Waals surface area contributed by atoms with Gasteiger partial charge in [0, 0.05) is 37.5 Å². The van der Waals surface area contributed by atoms with Gasteiger partial charge in [0.25, 0.3) is 0 Å². The van der Waals surface area contributed by atoms with Gasteiger partial charge in [-0.1, -0.05) is 12.1 Å². The Morgan fingerprint density at radius 2 is 2.19 bits per heavy atom. The number of nitrogen functional groups attached to an aromatic ring is 1. The van der Waals surface area contributed by atoms with Crippen molar-refractivity contribution in [3.8, 4) is 11.3 Å². The number of carbonyl (C=O) groups is 1. The molecule has 7 heteroatoms. The van der Waals surface area contributed by atoms with Crippen LogP contribution in [0.3, 0.4) is 0 Å². The van der Waals surface area contributed by atoms with Crippen molar-refractivity contribution in [2.24, 2.45) is 0 Å². The summed E-state index contributed by atoms with van der Waals surface area (Å²) in [5.41, 5.74) is 10.3. The van der Waals surface area contributed by atoms with E-state index in [-0.39, 0.29) is 11.7 Å². The van der Waals surface area contributed by atoms with Gasteiger partial charge in [-0.15, -0.1) is 0 Å². The molecular formula is C20H22N6O. The Balaban J connectivity index is 1.45. The molecule has 0 bridgehead atoms. The molecule has 0 radical (unpaired) electrons. The van der Waals surface area contributed by atoms with Crippen molar-refractivity contribution in [1.82, 2.24) is 24.8 Å². The predicted octanol–water partition coefficient (Wildman–Crippen LogP) is 2.15. The molecule has 138 valence electrons. The first-order valence-electron chi connectivity index (χ1n) is 9.08. The summed E-state index contributed by atoms with van der Waals surface area (Å²) in [7, 11) is 0. The van der Waals surface area contributed by atoms with Crippen molar-refractivity contribution in [1.29, 1.82) is 0 Å². The molecule has 0 atom stereocenters. The lowest BCUT2D eigenvalue weighted by Gasteiger charge is -2.13. The highest BCUT2D eigenvalue weighted by atomic mass is 16.1. The fraction of sp³-hybridized carbons (Fsp3) is 0.300. The van der Waals surface area contributed by atoms with Crippen LogP contribution in [0, 0.1) is 6.92 Å². The fourth-order valence-corrected chi connectivity index (χ4v) is 3.37. The van der Waals surface area contributed by atoms with Crippen molar-refractivity contribution in [2.45, 2.75) is 32.9 Å². The van der Waals surface area contributed by atoms with Gasteiger partial charge in [-0.05, 0) is 36.6 Å². The lowest BCUT2D eigenvalue weighted by atomic mass is 9.98. The third kappa shape index (κ3) is 3.73. The number of rotatable bonds is 5. The van der Waals surface area contributed by atoms with Crippen LogP contribution in [0.5, 0.6) is 0 Å². The number of hydrogen-bond donors (Lipinski definition) is 2. The Kier molecular flexibility index (Phi) is 4.68. The highest BCUT2D eigenvalue weighted by Crippen LogP contribution is 2.22. The first kappa shape index (κ1) is 17.4. The van der Waals surface area contributed by atoms with Crippen LogP contribution in [0.1, 0.15) is 33.9 Å². The summed E-state index contributed by atoms with van der Waals surface area (Å²) in [6.45, 7) is 4.56. The van der Waals surface area contributed by atoms with Crippen molar-refractivity contribution in [2.75, 3.05) is 12.3 Å². The molecule has 1 aliphatic rings. The maximum absolute atomic E-state index is 12.5. The molecule has 0 aliphatic carbocycles. The highest BCUT2D eigenvalue weighted by Gasteiger charge is 2.16. The topological polar surface area (TPSA) is 98.7 Å². The molecule has 3 N–H and O–H groups in total. The van der Waals surface area contributed by atoms with Gasteiger partial charge in [0.05, 0.1) is 12.2 Å². The van der Waals surface area contributed by atoms with E-state index in [2.05, 4.69) is 43.9 Å². The third-order valence-electron chi connectivity index (χ3n) is 4.89. The largest absolute Gasteiger partial charge is 0.368 e. The number of aryl methyl sites for hydroxylation is 2. The Hall–Kier alpha value is -3.06. The van der Waals surface area contributed by atoms with Crippen LogP contribution < -0.4 is 11.1 Å². The van der Waals surface area contributed by atoms with Crippen molar-refractivity contribution in [3.05, 3.63) is 59.3 Å². The summed E-state index contributed by atoms with van der Waals surface area (Å²) < 4.78 is 2.07. The van der Waals surface area contributed by atoms with E-state index in [0.717, 1.165) is 47.8 Å². The molecule has 0 fully saturated rings. The van der Waals surface area contributed by atoms with E-state index in [0.29, 0.717) is 18.5 Å². The van der Waals surface area contributed by atoms with Gasteiger partial charge in [0.15, 0.2) is 5.78 Å². The second kappa shape index (κ2) is 7.28. The number of nitrogens with two attached hydrogens (primary N) is 1. The first-order valence-corrected chi connectivity index (χ1v) is 9.08. The summed E-state index contributed by atoms with van der Waals surface area (Å²) >= 11 is 0. The molecule has 1 aromatic carbocycles. The Labute approximate surface area is 157 Å². The first-order chi connectivity index (χ1) is 13.1. The molecule has 2 aromatic heterocycles. The van der Waals surface area contributed by atoms with Crippen molar-refractivity contribution < 1.29 is 4.79 Å². The molecule has 1 aliphatic heterocycles. The normalized spacial score (nSPS) is 13.4. The minimum absolute atomic E-state index is 0.0870. The number of nitrogens with one attached hydrogen (secondary N) is 1. The number of fused-ring (bicyclic) bond motifs is 1. The van der Waals surface area contributed by atoms with Gasteiger partial charge >= 0.3 is 0 Å². The van der Waals surface area contributed by atoms with E-state index >= 15 is 0 Å². The van der Waals surface area contributed by atoms with E-state index in [1.165, 1.54) is 0 Å². The SMILES string of the molecule is Cc1cc(-c2ccnc(N)n2)ccc1CCC(=O)c1cn2c(n1)CNCC2. The van der Waals surface area contributed by atoms with E-state index in [9.17, 15) is 4.79 Å². The lowest BCUT2D eigenvalue weighted by Crippen LogP contribution is -2.27. The molecule has 27 heavy (non-hydrogen) atoms. The van der Waals surface area contributed by atoms with E-state index in [1.54, 1.807) is 6.20 Å². The standard InChI is InChI=1S/C20H22N6O/c1-13-10-15(16-6-7-23-20(21)25-16)3-2-14(13)4-5-18(27)17-12-26-9-8-22-11-19(26)24-17/h2-3,6-7,10,12,22H,4-5,8-9,11H2,1H3,(H2,21,23,25). The van der Waals surface area contributed by atoms with Gasteiger partial charge in [0.2, 0.25) is 5.95 Å². The maximum atomic E-state index is 12.5. The van der Waals surface area contributed by atoms with Crippen LogP contribution in [0.2, 0.25) is 0 Å². The highest BCUT2D eigenvalue weighted by molar-refractivity contribution is 5.94. The number of imidazole rings is 1. The predicted molar refractivity (Wildman–Crippen MR) is 103 cm³/mol. The van der Waals surface area contributed by atoms with Crippen LogP contribution >= 0.6 is 0 Å². The van der Waals surface area contributed by atoms with Crippen LogP contribution in [0.15, 0.2) is 36.7 Å². The molecule has 0 amide bonds. The molecule has 4 rings (SSSR count). The van der Waals surface area contributed by atoms with Crippen LogP contribution in [-0.2, 0) is 19.5 Å². The van der Waals surface area contributed by atoms with Gasteiger partial charge in [-0.2, -0.15) is 0 Å². The van der Waals surface area contributed by atoms with Gasteiger partial charge in [-0.25, -0.2) is 15.0 Å². The Morgan fingerprint density at radius 3 is 2.96 bits per heavy atom. The maximum Gasteiger partial charge on any atom is 0.220 e. The average Bonchev–Trinajstić information content (AvgIpc) is 3.11. The average molecular weight is 362 g/mol. The van der Waals surface area contributed by atoms with Gasteiger partial charge in [0.1, 0.15) is 11.5 Å². The molecular weight excluding hydrogens is 340 g/mol. The quantitative estimate of drug-likeness (QED) is 0.675. The smallest absolute Gasteiger partial charge is 0.220 e. The number of Topliss-reactive ketones (excluding diaryl/α,β-unsaturated/α-hetero) is 1. The van der Waals surface area contributed by atoms with E-state index in [1.807, 2.05) is 18.3 Å².